The van der Waals surface area contributed by atoms with E-state index in [0.717, 1.165) is 5.56 Å². The summed E-state index contributed by atoms with van der Waals surface area (Å²) < 4.78 is 0. The highest BCUT2D eigenvalue weighted by Gasteiger charge is 2.20. The topological polar surface area (TPSA) is 91.4 Å². The summed E-state index contributed by atoms with van der Waals surface area (Å²) in [5, 5.41) is 8.23. The van der Waals surface area contributed by atoms with E-state index < -0.39 is 0 Å². The number of rotatable bonds is 9. The molecule has 34 heavy (non-hydrogen) atoms. The van der Waals surface area contributed by atoms with Crippen LogP contribution in [0.3, 0.4) is 0 Å². The number of nitrogens with one attached hydrogen (secondary N) is 2. The minimum absolute atomic E-state index is 0.0814. The molecule has 2 aromatic carbocycles. The lowest BCUT2D eigenvalue weighted by molar-refractivity contribution is -0.117. The number of halogens is 2. The summed E-state index contributed by atoms with van der Waals surface area (Å²) in [6, 6.07) is 12.1. The summed E-state index contributed by atoms with van der Waals surface area (Å²) in [6.45, 7) is 4.15. The SMILES string of the molecule is CCCN(CC(=O)Nc1nc(CC(=O)Nc2ccc(C)cc2)cs1)C(=O)c1ccc(Cl)c(Cl)c1. The van der Waals surface area contributed by atoms with Gasteiger partial charge in [-0.2, -0.15) is 0 Å². The van der Waals surface area contributed by atoms with Crippen LogP contribution in [0.4, 0.5) is 10.8 Å². The van der Waals surface area contributed by atoms with Gasteiger partial charge in [0.15, 0.2) is 5.13 Å². The molecule has 0 saturated carbocycles. The molecule has 2 N–H and O–H groups in total. The fraction of sp³-hybridized carbons (Fsp3) is 0.250. The van der Waals surface area contributed by atoms with Crippen molar-refractivity contribution >= 4 is 63.1 Å². The van der Waals surface area contributed by atoms with Crippen LogP contribution >= 0.6 is 34.5 Å². The van der Waals surface area contributed by atoms with Crippen molar-refractivity contribution in [3.05, 3.63) is 74.7 Å². The van der Waals surface area contributed by atoms with E-state index in [1.54, 1.807) is 17.5 Å². The number of carbonyl (C=O) groups is 3. The van der Waals surface area contributed by atoms with Gasteiger partial charge in [0.2, 0.25) is 11.8 Å². The van der Waals surface area contributed by atoms with Gasteiger partial charge in [-0.1, -0.05) is 47.8 Å². The normalized spacial score (nSPS) is 10.6. The van der Waals surface area contributed by atoms with E-state index >= 15 is 0 Å². The summed E-state index contributed by atoms with van der Waals surface area (Å²) in [5.74, 6) is -0.900. The van der Waals surface area contributed by atoms with Crippen LogP contribution in [0, 0.1) is 6.92 Å². The van der Waals surface area contributed by atoms with E-state index in [-0.39, 0.29) is 35.7 Å². The molecule has 3 amide bonds. The van der Waals surface area contributed by atoms with Gasteiger partial charge in [-0.25, -0.2) is 4.98 Å². The first-order valence-electron chi connectivity index (χ1n) is 10.6. The number of anilines is 2. The number of hydrogen-bond donors (Lipinski definition) is 2. The molecule has 0 radical (unpaired) electrons. The van der Waals surface area contributed by atoms with Crippen molar-refractivity contribution in [2.45, 2.75) is 26.7 Å². The maximum absolute atomic E-state index is 12.9. The van der Waals surface area contributed by atoms with E-state index in [1.807, 2.05) is 38.1 Å². The monoisotopic (exact) mass is 518 g/mol. The predicted octanol–water partition coefficient (Wildman–Crippen LogP) is 5.43. The van der Waals surface area contributed by atoms with Crippen molar-refractivity contribution < 1.29 is 14.4 Å². The molecule has 0 bridgehead atoms. The zero-order valence-corrected chi connectivity index (χ0v) is 21.1. The first kappa shape index (κ1) is 25.7. The Labute approximate surface area is 212 Å². The van der Waals surface area contributed by atoms with Crippen molar-refractivity contribution in [3.8, 4) is 0 Å². The van der Waals surface area contributed by atoms with Gasteiger partial charge >= 0.3 is 0 Å². The van der Waals surface area contributed by atoms with Crippen LogP contribution in [0.25, 0.3) is 0 Å². The third kappa shape index (κ3) is 7.28. The molecule has 178 valence electrons. The van der Waals surface area contributed by atoms with E-state index in [2.05, 4.69) is 15.6 Å². The van der Waals surface area contributed by atoms with E-state index in [1.165, 1.54) is 22.3 Å². The van der Waals surface area contributed by atoms with Gasteiger partial charge in [0, 0.05) is 23.2 Å². The Bertz CT molecular complexity index is 1180. The van der Waals surface area contributed by atoms with E-state index in [0.29, 0.717) is 40.1 Å². The fourth-order valence-electron chi connectivity index (χ4n) is 3.12. The average molecular weight is 519 g/mol. The number of thiazole rings is 1. The van der Waals surface area contributed by atoms with Crippen molar-refractivity contribution in [1.29, 1.82) is 0 Å². The minimum atomic E-state index is -0.383. The molecule has 0 atom stereocenters. The molecule has 0 unspecified atom stereocenters. The van der Waals surface area contributed by atoms with Crippen LogP contribution in [-0.2, 0) is 16.0 Å². The number of aryl methyl sites for hydroxylation is 1. The maximum Gasteiger partial charge on any atom is 0.254 e. The van der Waals surface area contributed by atoms with Crippen molar-refractivity contribution in [1.82, 2.24) is 9.88 Å². The second kappa shape index (κ2) is 12.0. The van der Waals surface area contributed by atoms with Gasteiger partial charge in [0.1, 0.15) is 6.54 Å². The van der Waals surface area contributed by atoms with Crippen molar-refractivity contribution in [3.63, 3.8) is 0 Å². The maximum atomic E-state index is 12.9. The van der Waals surface area contributed by atoms with Crippen LogP contribution in [0.1, 0.15) is 35.0 Å². The van der Waals surface area contributed by atoms with Crippen LogP contribution in [0.5, 0.6) is 0 Å². The number of aromatic nitrogens is 1. The first-order valence-corrected chi connectivity index (χ1v) is 12.2. The number of hydrogen-bond acceptors (Lipinski definition) is 5. The molecule has 0 aliphatic heterocycles. The molecule has 1 heterocycles. The standard InChI is InChI=1S/C24H24Cl2N4O3S/c1-3-10-30(23(33)16-6-9-19(25)20(26)11-16)13-22(32)29-24-28-18(14-34-24)12-21(31)27-17-7-4-15(2)5-8-17/h4-9,11,14H,3,10,12-13H2,1-2H3,(H,27,31)(H,28,29,32). The van der Waals surface area contributed by atoms with Gasteiger partial charge in [0.25, 0.3) is 5.91 Å². The van der Waals surface area contributed by atoms with Crippen molar-refractivity contribution in [2.75, 3.05) is 23.7 Å². The zero-order valence-electron chi connectivity index (χ0n) is 18.7. The number of nitrogens with zero attached hydrogens (tertiary/aromatic N) is 2. The third-order valence-electron chi connectivity index (χ3n) is 4.76. The number of amides is 3. The summed E-state index contributed by atoms with van der Waals surface area (Å²) >= 11 is 13.2. The van der Waals surface area contributed by atoms with E-state index in [9.17, 15) is 14.4 Å². The second-order valence-corrected chi connectivity index (χ2v) is 9.31. The Kier molecular flexibility index (Phi) is 9.04. The average Bonchev–Trinajstić information content (AvgIpc) is 3.22. The molecule has 10 heteroatoms. The largest absolute Gasteiger partial charge is 0.329 e. The van der Waals surface area contributed by atoms with Crippen LogP contribution in [-0.4, -0.2) is 40.7 Å². The summed E-state index contributed by atoms with van der Waals surface area (Å²) in [4.78, 5) is 43.5. The molecular formula is C24H24Cl2N4O3S. The summed E-state index contributed by atoms with van der Waals surface area (Å²) in [7, 11) is 0. The lowest BCUT2D eigenvalue weighted by Crippen LogP contribution is -2.38. The zero-order chi connectivity index (χ0) is 24.7. The van der Waals surface area contributed by atoms with Gasteiger partial charge in [-0.3, -0.25) is 14.4 Å². The first-order chi connectivity index (χ1) is 16.2. The molecule has 3 aromatic rings. The summed E-state index contributed by atoms with van der Waals surface area (Å²) in [6.07, 6.45) is 0.760. The Morgan fingerprint density at radius 1 is 1.00 bits per heavy atom. The molecule has 7 nitrogen and oxygen atoms in total. The Hall–Kier alpha value is -2.94. The highest BCUT2D eigenvalue weighted by atomic mass is 35.5. The molecule has 0 aliphatic carbocycles. The fourth-order valence-corrected chi connectivity index (χ4v) is 4.14. The Balaban J connectivity index is 1.56. The number of benzene rings is 2. The van der Waals surface area contributed by atoms with Gasteiger partial charge in [-0.15, -0.1) is 11.3 Å². The minimum Gasteiger partial charge on any atom is -0.329 e. The third-order valence-corrected chi connectivity index (χ3v) is 6.30. The Morgan fingerprint density at radius 3 is 2.41 bits per heavy atom. The van der Waals surface area contributed by atoms with Gasteiger partial charge < -0.3 is 15.5 Å². The molecule has 0 aliphatic rings. The van der Waals surface area contributed by atoms with Crippen LogP contribution < -0.4 is 10.6 Å². The van der Waals surface area contributed by atoms with Crippen molar-refractivity contribution in [2.24, 2.45) is 0 Å². The highest BCUT2D eigenvalue weighted by Crippen LogP contribution is 2.23. The number of carbonyl (C=O) groups excluding carboxylic acids is 3. The molecule has 3 rings (SSSR count). The molecule has 0 fully saturated rings. The quantitative estimate of drug-likeness (QED) is 0.395. The van der Waals surface area contributed by atoms with E-state index in [4.69, 9.17) is 23.2 Å². The van der Waals surface area contributed by atoms with Gasteiger partial charge in [-0.05, 0) is 43.7 Å². The van der Waals surface area contributed by atoms with Crippen LogP contribution in [0.15, 0.2) is 47.8 Å². The molecule has 1 aromatic heterocycles. The Morgan fingerprint density at radius 2 is 1.74 bits per heavy atom. The molecule has 0 spiro atoms. The predicted molar refractivity (Wildman–Crippen MR) is 137 cm³/mol. The molecular weight excluding hydrogens is 495 g/mol. The van der Waals surface area contributed by atoms with Crippen LogP contribution in [0.2, 0.25) is 10.0 Å². The van der Waals surface area contributed by atoms with Gasteiger partial charge in [0.05, 0.1) is 22.2 Å². The second-order valence-electron chi connectivity index (χ2n) is 7.64. The lowest BCUT2D eigenvalue weighted by atomic mass is 10.2. The smallest absolute Gasteiger partial charge is 0.254 e. The lowest BCUT2D eigenvalue weighted by Gasteiger charge is -2.21. The summed E-state index contributed by atoms with van der Waals surface area (Å²) in [5.41, 5.74) is 2.71. The molecule has 0 saturated heterocycles. The highest BCUT2D eigenvalue weighted by molar-refractivity contribution is 7.13.